The smallest absolute Gasteiger partial charge is 0.221 e. The molecule has 0 saturated heterocycles. The van der Waals surface area contributed by atoms with Gasteiger partial charge in [-0.3, -0.25) is 4.79 Å². The summed E-state index contributed by atoms with van der Waals surface area (Å²) in [6.07, 6.45) is 3.98. The van der Waals surface area contributed by atoms with Gasteiger partial charge in [0.25, 0.3) is 0 Å². The molecule has 15 heavy (non-hydrogen) atoms. The van der Waals surface area contributed by atoms with E-state index in [0.717, 1.165) is 45.4 Å². The van der Waals surface area contributed by atoms with Crippen LogP contribution in [0.1, 0.15) is 46.5 Å². The van der Waals surface area contributed by atoms with Gasteiger partial charge in [-0.15, -0.1) is 0 Å². The summed E-state index contributed by atoms with van der Waals surface area (Å²) in [4.78, 5) is 13.7. The highest BCUT2D eigenvalue weighted by Gasteiger charge is 2.05. The van der Waals surface area contributed by atoms with Crippen molar-refractivity contribution >= 4 is 5.91 Å². The van der Waals surface area contributed by atoms with Crippen LogP contribution in [0, 0.1) is 0 Å². The van der Waals surface area contributed by atoms with E-state index in [1.807, 2.05) is 0 Å². The third-order valence-electron chi connectivity index (χ3n) is 2.31. The van der Waals surface area contributed by atoms with E-state index in [0.29, 0.717) is 6.42 Å². The van der Waals surface area contributed by atoms with E-state index in [1.54, 1.807) is 0 Å². The summed E-state index contributed by atoms with van der Waals surface area (Å²) in [5.41, 5.74) is 0. The Morgan fingerprint density at radius 1 is 1.00 bits per heavy atom. The summed E-state index contributed by atoms with van der Waals surface area (Å²) in [6, 6.07) is 0. The molecular formula is C12H26N2O. The van der Waals surface area contributed by atoms with Gasteiger partial charge in [0.2, 0.25) is 5.91 Å². The fourth-order valence-electron chi connectivity index (χ4n) is 1.58. The maximum atomic E-state index is 11.4. The van der Waals surface area contributed by atoms with Gasteiger partial charge in [0, 0.05) is 19.5 Å². The van der Waals surface area contributed by atoms with Crippen molar-refractivity contribution in [3.63, 3.8) is 0 Å². The molecule has 0 rings (SSSR count). The zero-order chi connectivity index (χ0) is 11.5. The molecule has 0 bridgehead atoms. The van der Waals surface area contributed by atoms with Gasteiger partial charge in [0.15, 0.2) is 0 Å². The van der Waals surface area contributed by atoms with Gasteiger partial charge in [-0.2, -0.15) is 0 Å². The Hall–Kier alpha value is -0.570. The summed E-state index contributed by atoms with van der Waals surface area (Å²) >= 11 is 0. The molecule has 1 amide bonds. The van der Waals surface area contributed by atoms with Crippen LogP contribution in [0.5, 0.6) is 0 Å². The Labute approximate surface area is 94.2 Å². The minimum absolute atomic E-state index is 0.189. The molecule has 0 radical (unpaired) electrons. The van der Waals surface area contributed by atoms with E-state index in [1.165, 1.54) is 0 Å². The second-order valence-electron chi connectivity index (χ2n) is 3.94. The normalized spacial score (nSPS) is 10.7. The molecule has 0 unspecified atom stereocenters. The summed E-state index contributed by atoms with van der Waals surface area (Å²) in [6.45, 7) is 10.3. The van der Waals surface area contributed by atoms with Crippen LogP contribution < -0.4 is 5.32 Å². The quantitative estimate of drug-likeness (QED) is 0.637. The van der Waals surface area contributed by atoms with E-state index in [2.05, 4.69) is 31.0 Å². The molecule has 3 nitrogen and oxygen atoms in total. The average Bonchev–Trinajstić information content (AvgIpc) is 2.23. The fraction of sp³-hybridized carbons (Fsp3) is 0.917. The van der Waals surface area contributed by atoms with Gasteiger partial charge in [-0.25, -0.2) is 0 Å². The molecule has 0 aromatic carbocycles. The van der Waals surface area contributed by atoms with Crippen LogP contribution in [0.3, 0.4) is 0 Å². The van der Waals surface area contributed by atoms with Crippen LogP contribution in [-0.2, 0) is 4.79 Å². The first kappa shape index (κ1) is 14.4. The molecule has 3 heteroatoms. The molecule has 0 atom stereocenters. The fourth-order valence-corrected chi connectivity index (χ4v) is 1.58. The van der Waals surface area contributed by atoms with Gasteiger partial charge < -0.3 is 10.2 Å². The Kier molecular flexibility index (Phi) is 9.59. The first-order chi connectivity index (χ1) is 7.24. The topological polar surface area (TPSA) is 32.3 Å². The molecule has 1 N–H and O–H groups in total. The van der Waals surface area contributed by atoms with Crippen LogP contribution in [-0.4, -0.2) is 37.0 Å². The molecule has 0 aliphatic rings. The number of carbonyl (C=O) groups excluding carboxylic acids is 1. The van der Waals surface area contributed by atoms with Gasteiger partial charge in [0.05, 0.1) is 0 Å². The Bertz CT molecular complexity index is 154. The van der Waals surface area contributed by atoms with Crippen molar-refractivity contribution in [3.8, 4) is 0 Å². The molecule has 0 fully saturated rings. The number of hydrogen-bond donors (Lipinski definition) is 1. The van der Waals surface area contributed by atoms with Gasteiger partial charge >= 0.3 is 0 Å². The third kappa shape index (κ3) is 8.43. The van der Waals surface area contributed by atoms with Gasteiger partial charge in [-0.1, -0.05) is 20.8 Å². The molecule has 0 aliphatic heterocycles. The largest absolute Gasteiger partial charge is 0.356 e. The van der Waals surface area contributed by atoms with Crippen LogP contribution >= 0.6 is 0 Å². The van der Waals surface area contributed by atoms with Crippen molar-refractivity contribution in [2.75, 3.05) is 26.2 Å². The highest BCUT2D eigenvalue weighted by molar-refractivity contribution is 5.75. The molecular weight excluding hydrogens is 188 g/mol. The number of nitrogens with one attached hydrogen (secondary N) is 1. The predicted molar refractivity (Wildman–Crippen MR) is 64.9 cm³/mol. The number of hydrogen-bond acceptors (Lipinski definition) is 2. The van der Waals surface area contributed by atoms with Gasteiger partial charge in [0.1, 0.15) is 0 Å². The zero-order valence-electron chi connectivity index (χ0n) is 10.5. The van der Waals surface area contributed by atoms with Crippen LogP contribution in [0.25, 0.3) is 0 Å². The van der Waals surface area contributed by atoms with Crippen LogP contribution in [0.2, 0.25) is 0 Å². The van der Waals surface area contributed by atoms with E-state index in [9.17, 15) is 4.79 Å². The summed E-state index contributed by atoms with van der Waals surface area (Å²) in [7, 11) is 0. The first-order valence-corrected chi connectivity index (χ1v) is 6.23. The average molecular weight is 214 g/mol. The van der Waals surface area contributed by atoms with E-state index in [-0.39, 0.29) is 5.91 Å². The van der Waals surface area contributed by atoms with E-state index >= 15 is 0 Å². The molecule has 0 aliphatic carbocycles. The number of nitrogens with zero attached hydrogens (tertiary/aromatic N) is 1. The molecule has 90 valence electrons. The molecule has 0 aromatic rings. The van der Waals surface area contributed by atoms with E-state index in [4.69, 9.17) is 0 Å². The highest BCUT2D eigenvalue weighted by Crippen LogP contribution is 1.96. The van der Waals surface area contributed by atoms with Gasteiger partial charge in [-0.05, 0) is 32.4 Å². The maximum Gasteiger partial charge on any atom is 0.221 e. The number of rotatable bonds is 9. The number of carbonyl (C=O) groups is 1. The molecule has 0 saturated carbocycles. The first-order valence-electron chi connectivity index (χ1n) is 6.23. The monoisotopic (exact) mass is 214 g/mol. The van der Waals surface area contributed by atoms with Crippen LogP contribution in [0.4, 0.5) is 0 Å². The second kappa shape index (κ2) is 9.97. The lowest BCUT2D eigenvalue weighted by atomic mass is 10.3. The van der Waals surface area contributed by atoms with E-state index < -0.39 is 0 Å². The molecule has 0 heterocycles. The van der Waals surface area contributed by atoms with Crippen molar-refractivity contribution in [1.82, 2.24) is 10.2 Å². The standard InChI is InChI=1S/C12H26N2O/c1-4-8-13-12(15)7-11-14(9-5-2)10-6-3/h4-11H2,1-3H3,(H,13,15). The highest BCUT2D eigenvalue weighted by atomic mass is 16.1. The van der Waals surface area contributed by atoms with Crippen molar-refractivity contribution in [2.45, 2.75) is 46.5 Å². The van der Waals surface area contributed by atoms with Crippen LogP contribution in [0.15, 0.2) is 0 Å². The van der Waals surface area contributed by atoms with Crippen molar-refractivity contribution in [3.05, 3.63) is 0 Å². The summed E-state index contributed by atoms with van der Waals surface area (Å²) in [5, 5.41) is 2.91. The molecule has 0 aromatic heterocycles. The Morgan fingerprint density at radius 3 is 2.07 bits per heavy atom. The lowest BCUT2D eigenvalue weighted by Gasteiger charge is -2.20. The van der Waals surface area contributed by atoms with Crippen molar-refractivity contribution in [1.29, 1.82) is 0 Å². The SMILES string of the molecule is CCCNC(=O)CCN(CCC)CCC. The minimum atomic E-state index is 0.189. The minimum Gasteiger partial charge on any atom is -0.356 e. The lowest BCUT2D eigenvalue weighted by molar-refractivity contribution is -0.121. The second-order valence-corrected chi connectivity index (χ2v) is 3.94. The summed E-state index contributed by atoms with van der Waals surface area (Å²) in [5.74, 6) is 0.189. The third-order valence-corrected chi connectivity index (χ3v) is 2.31. The maximum absolute atomic E-state index is 11.4. The zero-order valence-corrected chi connectivity index (χ0v) is 10.5. The Morgan fingerprint density at radius 2 is 1.60 bits per heavy atom. The Balaban J connectivity index is 3.62. The van der Waals surface area contributed by atoms with Crippen molar-refractivity contribution < 1.29 is 4.79 Å². The predicted octanol–water partition coefficient (Wildman–Crippen LogP) is 2.02. The number of amides is 1. The van der Waals surface area contributed by atoms with Crippen molar-refractivity contribution in [2.24, 2.45) is 0 Å². The molecule has 0 spiro atoms. The summed E-state index contributed by atoms with van der Waals surface area (Å²) < 4.78 is 0. The lowest BCUT2D eigenvalue weighted by Crippen LogP contribution is -2.32.